The Bertz CT molecular complexity index is 274. The molecule has 2 rings (SSSR count). The summed E-state index contributed by atoms with van der Waals surface area (Å²) in [6.07, 6.45) is 8.21. The van der Waals surface area contributed by atoms with Crippen LogP contribution in [0, 0.1) is 5.92 Å². The summed E-state index contributed by atoms with van der Waals surface area (Å²) in [6, 6.07) is 0. The molecule has 1 aliphatic heterocycles. The Morgan fingerprint density at radius 2 is 1.89 bits per heavy atom. The van der Waals surface area contributed by atoms with Gasteiger partial charge in [-0.05, 0) is 52.0 Å². The topological polar surface area (TPSA) is 15.3 Å². The normalized spacial score (nSPS) is 38.0. The predicted molar refractivity (Wildman–Crippen MR) is 78.9 cm³/mol. The molecule has 1 aliphatic carbocycles. The molecule has 0 amide bonds. The van der Waals surface area contributed by atoms with Crippen molar-refractivity contribution in [1.82, 2.24) is 10.2 Å². The highest BCUT2D eigenvalue weighted by Gasteiger charge is 2.48. The van der Waals surface area contributed by atoms with E-state index in [0.717, 1.165) is 5.92 Å². The molecule has 0 aromatic carbocycles. The Kier molecular flexibility index (Phi) is 4.38. The Hall–Kier alpha value is -0.0800. The van der Waals surface area contributed by atoms with Crippen LogP contribution < -0.4 is 5.32 Å². The molecule has 0 bridgehead atoms. The number of hydrogen-bond acceptors (Lipinski definition) is 2. The molecule has 1 saturated heterocycles. The van der Waals surface area contributed by atoms with Crippen LogP contribution >= 0.6 is 0 Å². The minimum atomic E-state index is 0.377. The van der Waals surface area contributed by atoms with Crippen LogP contribution in [0.3, 0.4) is 0 Å². The molecule has 0 spiro atoms. The van der Waals surface area contributed by atoms with E-state index < -0.39 is 0 Å². The van der Waals surface area contributed by atoms with Gasteiger partial charge in [-0.3, -0.25) is 4.90 Å². The van der Waals surface area contributed by atoms with Gasteiger partial charge in [0.15, 0.2) is 0 Å². The predicted octanol–water partition coefficient (Wildman–Crippen LogP) is 3.42. The second kappa shape index (κ2) is 5.50. The van der Waals surface area contributed by atoms with Crippen molar-refractivity contribution in [3.63, 3.8) is 0 Å². The molecule has 2 unspecified atom stereocenters. The van der Waals surface area contributed by atoms with E-state index in [1.807, 2.05) is 0 Å². The summed E-state index contributed by atoms with van der Waals surface area (Å²) < 4.78 is 0. The van der Waals surface area contributed by atoms with Crippen molar-refractivity contribution in [3.8, 4) is 0 Å². The summed E-state index contributed by atoms with van der Waals surface area (Å²) in [5, 5.41) is 3.88. The van der Waals surface area contributed by atoms with E-state index in [1.54, 1.807) is 0 Å². The van der Waals surface area contributed by atoms with Crippen LogP contribution in [-0.4, -0.2) is 35.6 Å². The third kappa shape index (κ3) is 2.91. The number of nitrogens with one attached hydrogen (secondary N) is 1. The molecule has 18 heavy (non-hydrogen) atoms. The van der Waals surface area contributed by atoms with Crippen LogP contribution in [0.15, 0.2) is 0 Å². The summed E-state index contributed by atoms with van der Waals surface area (Å²) in [4.78, 5) is 2.79. The van der Waals surface area contributed by atoms with Gasteiger partial charge in [0.25, 0.3) is 0 Å². The Morgan fingerprint density at radius 1 is 1.17 bits per heavy atom. The highest BCUT2D eigenvalue weighted by molar-refractivity contribution is 5.07. The number of nitrogens with zero attached hydrogens (tertiary/aromatic N) is 1. The minimum Gasteiger partial charge on any atom is -0.308 e. The van der Waals surface area contributed by atoms with Gasteiger partial charge in [0.2, 0.25) is 0 Å². The van der Waals surface area contributed by atoms with Crippen LogP contribution in [0.4, 0.5) is 0 Å². The lowest BCUT2D eigenvalue weighted by Gasteiger charge is -2.52. The van der Waals surface area contributed by atoms with E-state index in [1.165, 1.54) is 58.2 Å². The van der Waals surface area contributed by atoms with Crippen LogP contribution in [0.25, 0.3) is 0 Å². The van der Waals surface area contributed by atoms with Gasteiger partial charge in [0.05, 0.1) is 0 Å². The van der Waals surface area contributed by atoms with Crippen molar-refractivity contribution in [2.45, 2.75) is 77.3 Å². The lowest BCUT2D eigenvalue weighted by Crippen LogP contribution is -2.68. The third-order valence-electron chi connectivity index (χ3n) is 5.43. The largest absolute Gasteiger partial charge is 0.308 e. The van der Waals surface area contributed by atoms with Crippen molar-refractivity contribution < 1.29 is 0 Å². The van der Waals surface area contributed by atoms with Crippen LogP contribution in [0.1, 0.15) is 66.2 Å². The number of rotatable bonds is 6. The lowest BCUT2D eigenvalue weighted by atomic mass is 9.84. The van der Waals surface area contributed by atoms with E-state index in [9.17, 15) is 0 Å². The maximum absolute atomic E-state index is 3.88. The first-order valence-electron chi connectivity index (χ1n) is 8.04. The van der Waals surface area contributed by atoms with Crippen LogP contribution in [0.2, 0.25) is 0 Å². The molecule has 0 aromatic heterocycles. The van der Waals surface area contributed by atoms with Gasteiger partial charge in [-0.25, -0.2) is 0 Å². The monoisotopic (exact) mass is 252 g/mol. The SMILES string of the molecule is CCCCCN1CC(C)(C2CC2)NCC1(C)CC. The van der Waals surface area contributed by atoms with Gasteiger partial charge in [-0.15, -0.1) is 0 Å². The second-order valence-electron chi connectivity index (χ2n) is 7.02. The minimum absolute atomic E-state index is 0.377. The molecule has 106 valence electrons. The zero-order valence-corrected chi connectivity index (χ0v) is 12.9. The van der Waals surface area contributed by atoms with Gasteiger partial charge in [0.1, 0.15) is 0 Å². The highest BCUT2D eigenvalue weighted by Crippen LogP contribution is 2.43. The zero-order valence-electron chi connectivity index (χ0n) is 12.9. The first-order chi connectivity index (χ1) is 8.54. The number of hydrogen-bond donors (Lipinski definition) is 1. The van der Waals surface area contributed by atoms with Gasteiger partial charge < -0.3 is 5.32 Å². The lowest BCUT2D eigenvalue weighted by molar-refractivity contribution is 0.00959. The molecule has 2 fully saturated rings. The molecule has 0 aromatic rings. The van der Waals surface area contributed by atoms with Gasteiger partial charge in [-0.2, -0.15) is 0 Å². The molecule has 2 heteroatoms. The quantitative estimate of drug-likeness (QED) is 0.729. The number of unbranched alkanes of at least 4 members (excludes halogenated alkanes) is 2. The fraction of sp³-hybridized carbons (Fsp3) is 1.00. The van der Waals surface area contributed by atoms with E-state index in [-0.39, 0.29) is 0 Å². The van der Waals surface area contributed by atoms with Crippen LogP contribution in [-0.2, 0) is 0 Å². The van der Waals surface area contributed by atoms with E-state index in [2.05, 4.69) is 37.9 Å². The smallest absolute Gasteiger partial charge is 0.0309 e. The van der Waals surface area contributed by atoms with Crippen molar-refractivity contribution >= 4 is 0 Å². The van der Waals surface area contributed by atoms with E-state index >= 15 is 0 Å². The average Bonchev–Trinajstić information content (AvgIpc) is 3.19. The van der Waals surface area contributed by atoms with E-state index in [4.69, 9.17) is 0 Å². The molecule has 1 N–H and O–H groups in total. The Labute approximate surface area is 114 Å². The molecular weight excluding hydrogens is 220 g/mol. The molecule has 2 nitrogen and oxygen atoms in total. The molecule has 1 heterocycles. The Balaban J connectivity index is 1.98. The van der Waals surface area contributed by atoms with Gasteiger partial charge in [0, 0.05) is 24.2 Å². The summed E-state index contributed by atoms with van der Waals surface area (Å²) in [5.74, 6) is 0.938. The van der Waals surface area contributed by atoms with Crippen molar-refractivity contribution in [3.05, 3.63) is 0 Å². The zero-order chi connectivity index (χ0) is 13.2. The maximum Gasteiger partial charge on any atom is 0.0309 e. The molecule has 2 atom stereocenters. The summed E-state index contributed by atoms with van der Waals surface area (Å²) in [6.45, 7) is 13.3. The molecule has 1 saturated carbocycles. The fourth-order valence-electron chi connectivity index (χ4n) is 3.39. The third-order valence-corrected chi connectivity index (χ3v) is 5.43. The van der Waals surface area contributed by atoms with Gasteiger partial charge in [-0.1, -0.05) is 26.7 Å². The van der Waals surface area contributed by atoms with E-state index in [0.29, 0.717) is 11.1 Å². The van der Waals surface area contributed by atoms with Crippen molar-refractivity contribution in [2.75, 3.05) is 19.6 Å². The fourth-order valence-corrected chi connectivity index (χ4v) is 3.39. The summed E-state index contributed by atoms with van der Waals surface area (Å²) >= 11 is 0. The highest BCUT2D eigenvalue weighted by atomic mass is 15.3. The summed E-state index contributed by atoms with van der Waals surface area (Å²) in [7, 11) is 0. The second-order valence-corrected chi connectivity index (χ2v) is 7.02. The number of piperazine rings is 1. The van der Waals surface area contributed by atoms with Crippen molar-refractivity contribution in [2.24, 2.45) is 5.92 Å². The molecule has 0 radical (unpaired) electrons. The van der Waals surface area contributed by atoms with Crippen molar-refractivity contribution in [1.29, 1.82) is 0 Å². The average molecular weight is 252 g/mol. The Morgan fingerprint density at radius 3 is 2.44 bits per heavy atom. The first kappa shape index (κ1) is 14.3. The molecule has 2 aliphatic rings. The van der Waals surface area contributed by atoms with Gasteiger partial charge >= 0.3 is 0 Å². The standard InChI is InChI=1S/C16H32N2/c1-5-7-8-11-18-13-16(4,14-9-10-14)17-12-15(18,3)6-2/h14,17H,5-13H2,1-4H3. The first-order valence-corrected chi connectivity index (χ1v) is 8.04. The summed E-state index contributed by atoms with van der Waals surface area (Å²) in [5.41, 5.74) is 0.767. The van der Waals surface area contributed by atoms with Crippen LogP contribution in [0.5, 0.6) is 0 Å². The molecular formula is C16H32N2. The maximum atomic E-state index is 3.88.